The third-order valence-electron chi connectivity index (χ3n) is 4.77. The Bertz CT molecular complexity index is 1020. The summed E-state index contributed by atoms with van der Waals surface area (Å²) >= 11 is 0. The van der Waals surface area contributed by atoms with Crippen molar-refractivity contribution in [2.45, 2.75) is 24.2 Å². The fraction of sp³-hybridized carbons (Fsp3) is 0.350. The third kappa shape index (κ3) is 5.06. The summed E-state index contributed by atoms with van der Waals surface area (Å²) in [5, 5.41) is 5.07. The zero-order valence-electron chi connectivity index (χ0n) is 16.5. The van der Waals surface area contributed by atoms with Gasteiger partial charge in [0.1, 0.15) is 17.4 Å². The van der Waals surface area contributed by atoms with Crippen LogP contribution in [0.3, 0.4) is 0 Å². The molecular weight excluding hydrogens is 416 g/mol. The number of nitrogens with one attached hydrogen (secondary N) is 2. The van der Waals surface area contributed by atoms with Gasteiger partial charge in [-0.1, -0.05) is 6.42 Å². The van der Waals surface area contributed by atoms with Crippen LogP contribution in [0.2, 0.25) is 0 Å². The van der Waals surface area contributed by atoms with Gasteiger partial charge >= 0.3 is 0 Å². The molecule has 7 nitrogen and oxygen atoms in total. The molecule has 1 saturated heterocycles. The zero-order valence-corrected chi connectivity index (χ0v) is 17.3. The second kappa shape index (κ2) is 9.40. The number of carbonyl (C=O) groups excluding carboxylic acids is 1. The van der Waals surface area contributed by atoms with E-state index < -0.39 is 27.6 Å². The van der Waals surface area contributed by atoms with Crippen LogP contribution < -0.4 is 15.4 Å². The van der Waals surface area contributed by atoms with Crippen molar-refractivity contribution < 1.29 is 26.7 Å². The van der Waals surface area contributed by atoms with E-state index >= 15 is 0 Å². The van der Waals surface area contributed by atoms with Gasteiger partial charge in [-0.05, 0) is 43.2 Å². The Labute approximate surface area is 174 Å². The maximum atomic E-state index is 13.7. The van der Waals surface area contributed by atoms with Crippen molar-refractivity contribution in [3.63, 3.8) is 0 Å². The van der Waals surface area contributed by atoms with E-state index in [2.05, 4.69) is 10.6 Å². The molecule has 30 heavy (non-hydrogen) atoms. The average Bonchev–Trinajstić information content (AvgIpc) is 2.75. The van der Waals surface area contributed by atoms with Crippen molar-refractivity contribution in [3.8, 4) is 5.75 Å². The molecule has 1 heterocycles. The van der Waals surface area contributed by atoms with Gasteiger partial charge in [0, 0.05) is 19.2 Å². The Balaban J connectivity index is 1.74. The minimum absolute atomic E-state index is 0.0873. The predicted molar refractivity (Wildman–Crippen MR) is 109 cm³/mol. The highest BCUT2D eigenvalue weighted by molar-refractivity contribution is 7.89. The van der Waals surface area contributed by atoms with Gasteiger partial charge in [0.25, 0.3) is 0 Å². The SMILES string of the molecule is COc1ccc(S(=O)(=O)N2CCCCC2)cc1NCC(=O)Nc1cc(F)ccc1F. The minimum Gasteiger partial charge on any atom is -0.495 e. The fourth-order valence-electron chi connectivity index (χ4n) is 3.20. The molecule has 0 aliphatic carbocycles. The van der Waals surface area contributed by atoms with Crippen molar-refractivity contribution in [3.05, 3.63) is 48.0 Å². The topological polar surface area (TPSA) is 87.7 Å². The number of nitrogens with zero attached hydrogens (tertiary/aromatic N) is 1. The zero-order chi connectivity index (χ0) is 21.7. The molecule has 0 atom stereocenters. The number of carbonyl (C=O) groups is 1. The van der Waals surface area contributed by atoms with Gasteiger partial charge in [-0.2, -0.15) is 4.31 Å². The van der Waals surface area contributed by atoms with Gasteiger partial charge in [0.05, 0.1) is 29.9 Å². The number of rotatable bonds is 7. The van der Waals surface area contributed by atoms with E-state index in [1.54, 1.807) is 0 Å². The summed E-state index contributed by atoms with van der Waals surface area (Å²) in [7, 11) is -2.24. The van der Waals surface area contributed by atoms with Crippen molar-refractivity contribution >= 4 is 27.3 Å². The Morgan fingerprint density at radius 3 is 2.50 bits per heavy atom. The Kier molecular flexibility index (Phi) is 6.88. The summed E-state index contributed by atoms with van der Waals surface area (Å²) in [5.74, 6) is -1.74. The Morgan fingerprint density at radius 2 is 1.80 bits per heavy atom. The van der Waals surface area contributed by atoms with Gasteiger partial charge in [-0.25, -0.2) is 17.2 Å². The lowest BCUT2D eigenvalue weighted by atomic mass is 10.2. The van der Waals surface area contributed by atoms with Crippen molar-refractivity contribution in [2.24, 2.45) is 0 Å². The highest BCUT2D eigenvalue weighted by atomic mass is 32.2. The summed E-state index contributed by atoms with van der Waals surface area (Å²) < 4.78 is 59.4. The van der Waals surface area contributed by atoms with Crippen LogP contribution in [0.5, 0.6) is 5.75 Å². The molecule has 0 aromatic heterocycles. The number of anilines is 2. The lowest BCUT2D eigenvalue weighted by Gasteiger charge is -2.26. The maximum Gasteiger partial charge on any atom is 0.243 e. The van der Waals surface area contributed by atoms with Crippen LogP contribution in [0.15, 0.2) is 41.3 Å². The average molecular weight is 439 g/mol. The molecule has 3 rings (SSSR count). The molecule has 10 heteroatoms. The number of methoxy groups -OCH3 is 1. The van der Waals surface area contributed by atoms with E-state index in [1.807, 2.05) is 0 Å². The Morgan fingerprint density at radius 1 is 1.07 bits per heavy atom. The predicted octanol–water partition coefficient (Wildman–Crippen LogP) is 3.20. The summed E-state index contributed by atoms with van der Waals surface area (Å²) in [5.41, 5.74) is 0.0145. The van der Waals surface area contributed by atoms with E-state index in [0.717, 1.165) is 37.5 Å². The van der Waals surface area contributed by atoms with Crippen LogP contribution in [0.4, 0.5) is 20.2 Å². The standard InChI is InChI=1S/C20H23F2N3O4S/c1-29-19-8-6-15(30(27,28)25-9-3-2-4-10-25)12-18(19)23-13-20(26)24-17-11-14(21)5-7-16(17)22/h5-8,11-12,23H,2-4,9-10,13H2,1H3,(H,24,26). The van der Waals surface area contributed by atoms with Crippen molar-refractivity contribution in [1.82, 2.24) is 4.31 Å². The number of amides is 1. The molecule has 0 unspecified atom stereocenters. The van der Waals surface area contributed by atoms with Gasteiger partial charge < -0.3 is 15.4 Å². The first kappa shape index (κ1) is 22.0. The number of sulfonamides is 1. The molecule has 1 aliphatic rings. The van der Waals surface area contributed by atoms with Gasteiger partial charge in [-0.15, -0.1) is 0 Å². The summed E-state index contributed by atoms with van der Waals surface area (Å²) in [6, 6.07) is 7.09. The molecule has 1 aliphatic heterocycles. The highest BCUT2D eigenvalue weighted by Crippen LogP contribution is 2.30. The lowest BCUT2D eigenvalue weighted by Crippen LogP contribution is -2.35. The normalized spacial score (nSPS) is 14.9. The first-order valence-electron chi connectivity index (χ1n) is 9.48. The van der Waals surface area contributed by atoms with Gasteiger partial charge in [-0.3, -0.25) is 4.79 Å². The van der Waals surface area contributed by atoms with E-state index in [0.29, 0.717) is 24.5 Å². The smallest absolute Gasteiger partial charge is 0.243 e. The molecule has 0 spiro atoms. The summed E-state index contributed by atoms with van der Waals surface area (Å²) in [6.07, 6.45) is 2.64. The molecule has 2 aromatic carbocycles. The number of benzene rings is 2. The highest BCUT2D eigenvalue weighted by Gasteiger charge is 2.26. The van der Waals surface area contributed by atoms with E-state index in [9.17, 15) is 22.0 Å². The van der Waals surface area contributed by atoms with Crippen LogP contribution in [-0.4, -0.2) is 45.4 Å². The number of hydrogen-bond acceptors (Lipinski definition) is 5. The number of hydrogen-bond donors (Lipinski definition) is 2. The van der Waals surface area contributed by atoms with Crippen molar-refractivity contribution in [1.29, 1.82) is 0 Å². The third-order valence-corrected chi connectivity index (χ3v) is 6.66. The second-order valence-corrected chi connectivity index (χ2v) is 8.79. The molecule has 2 N–H and O–H groups in total. The number of piperidine rings is 1. The largest absolute Gasteiger partial charge is 0.495 e. The van der Waals surface area contributed by atoms with Crippen molar-refractivity contribution in [2.75, 3.05) is 37.4 Å². The second-order valence-electron chi connectivity index (χ2n) is 6.85. The quantitative estimate of drug-likeness (QED) is 0.692. The maximum absolute atomic E-state index is 13.7. The molecular formula is C20H23F2N3O4S. The number of halogens is 2. The molecule has 1 fully saturated rings. The first-order valence-corrected chi connectivity index (χ1v) is 10.9. The molecule has 1 amide bonds. The molecule has 0 radical (unpaired) electrons. The summed E-state index contributed by atoms with van der Waals surface area (Å²) in [4.78, 5) is 12.2. The van der Waals surface area contributed by atoms with Crippen LogP contribution >= 0.6 is 0 Å². The van der Waals surface area contributed by atoms with Crippen LogP contribution in [-0.2, 0) is 14.8 Å². The Hall–Kier alpha value is -2.72. The monoisotopic (exact) mass is 439 g/mol. The molecule has 2 aromatic rings. The lowest BCUT2D eigenvalue weighted by molar-refractivity contribution is -0.114. The number of ether oxygens (including phenoxy) is 1. The van der Waals surface area contributed by atoms with Gasteiger partial charge in [0.2, 0.25) is 15.9 Å². The molecule has 0 bridgehead atoms. The minimum atomic E-state index is -3.66. The van der Waals surface area contributed by atoms with Crippen LogP contribution in [0.1, 0.15) is 19.3 Å². The molecule has 0 saturated carbocycles. The van der Waals surface area contributed by atoms with Crippen LogP contribution in [0, 0.1) is 11.6 Å². The van der Waals surface area contributed by atoms with E-state index in [1.165, 1.54) is 29.6 Å². The van der Waals surface area contributed by atoms with E-state index in [4.69, 9.17) is 4.74 Å². The first-order chi connectivity index (χ1) is 14.3. The van der Waals surface area contributed by atoms with Crippen LogP contribution in [0.25, 0.3) is 0 Å². The van der Waals surface area contributed by atoms with E-state index in [-0.39, 0.29) is 17.1 Å². The molecule has 162 valence electrons. The fourth-order valence-corrected chi connectivity index (χ4v) is 4.75. The summed E-state index contributed by atoms with van der Waals surface area (Å²) in [6.45, 7) is 0.636. The van der Waals surface area contributed by atoms with Gasteiger partial charge in [0.15, 0.2) is 0 Å².